The van der Waals surface area contributed by atoms with Crippen LogP contribution in [0, 0.1) is 0 Å². The van der Waals surface area contributed by atoms with Crippen molar-refractivity contribution in [2.45, 2.75) is 23.4 Å². The molecule has 0 aliphatic carbocycles. The molecule has 0 fully saturated rings. The number of benzene rings is 1. The first-order valence-corrected chi connectivity index (χ1v) is 11.3. The third-order valence-electron chi connectivity index (χ3n) is 3.43. The van der Waals surface area contributed by atoms with Gasteiger partial charge in [0.25, 0.3) is 0 Å². The average Bonchev–Trinajstić information content (AvgIpc) is 3.29. The quantitative estimate of drug-likeness (QED) is 0.608. The van der Waals surface area contributed by atoms with Crippen molar-refractivity contribution in [1.82, 2.24) is 15.2 Å². The number of sulfone groups is 1. The molecule has 0 saturated heterocycles. The summed E-state index contributed by atoms with van der Waals surface area (Å²) in [5, 5.41) is 13.7. The summed E-state index contributed by atoms with van der Waals surface area (Å²) in [6.07, 6.45) is 0.923. The zero-order valence-corrected chi connectivity index (χ0v) is 16.7. The van der Waals surface area contributed by atoms with Crippen molar-refractivity contribution in [3.8, 4) is 16.3 Å². The SMILES string of the molecule is CCCNc1nnc(S(=O)(=O)Cc2csc(-c3ccccc3OC)n2)s1. The lowest BCUT2D eigenvalue weighted by molar-refractivity contribution is 0.416. The van der Waals surface area contributed by atoms with E-state index < -0.39 is 9.84 Å². The van der Waals surface area contributed by atoms with Crippen LogP contribution in [0.15, 0.2) is 34.0 Å². The monoisotopic (exact) mass is 410 g/mol. The second-order valence-electron chi connectivity index (χ2n) is 5.40. The van der Waals surface area contributed by atoms with Crippen LogP contribution >= 0.6 is 22.7 Å². The number of para-hydroxylation sites is 1. The molecule has 10 heteroatoms. The smallest absolute Gasteiger partial charge is 0.234 e. The molecule has 138 valence electrons. The van der Waals surface area contributed by atoms with Gasteiger partial charge in [-0.2, -0.15) is 0 Å². The number of hydrogen-bond acceptors (Lipinski definition) is 9. The Hall–Kier alpha value is -2.04. The summed E-state index contributed by atoms with van der Waals surface area (Å²) in [5.41, 5.74) is 1.32. The van der Waals surface area contributed by atoms with Crippen molar-refractivity contribution < 1.29 is 13.2 Å². The molecule has 0 bridgehead atoms. The lowest BCUT2D eigenvalue weighted by atomic mass is 10.2. The Bertz CT molecular complexity index is 982. The minimum absolute atomic E-state index is 0.00273. The summed E-state index contributed by atoms with van der Waals surface area (Å²) in [6.45, 7) is 2.75. The number of thiazole rings is 1. The normalized spacial score (nSPS) is 11.5. The number of aromatic nitrogens is 3. The van der Waals surface area contributed by atoms with Gasteiger partial charge in [-0.3, -0.25) is 0 Å². The van der Waals surface area contributed by atoms with Crippen molar-refractivity contribution in [2.24, 2.45) is 0 Å². The summed E-state index contributed by atoms with van der Waals surface area (Å²) in [6, 6.07) is 7.51. The Morgan fingerprint density at radius 1 is 1.23 bits per heavy atom. The van der Waals surface area contributed by atoms with Crippen LogP contribution in [0.25, 0.3) is 10.6 Å². The lowest BCUT2D eigenvalue weighted by Gasteiger charge is -2.04. The fraction of sp³-hybridized carbons (Fsp3) is 0.312. The van der Waals surface area contributed by atoms with Gasteiger partial charge in [-0.1, -0.05) is 30.4 Å². The molecule has 0 radical (unpaired) electrons. The highest BCUT2D eigenvalue weighted by atomic mass is 32.2. The molecule has 0 amide bonds. The second kappa shape index (κ2) is 8.11. The van der Waals surface area contributed by atoms with Gasteiger partial charge in [0.1, 0.15) is 16.5 Å². The molecule has 0 aliphatic heterocycles. The van der Waals surface area contributed by atoms with Crippen LogP contribution in [0.2, 0.25) is 0 Å². The number of nitrogens with one attached hydrogen (secondary N) is 1. The van der Waals surface area contributed by atoms with E-state index in [1.54, 1.807) is 12.5 Å². The third kappa shape index (κ3) is 4.19. The van der Waals surface area contributed by atoms with E-state index in [0.29, 0.717) is 16.6 Å². The molecule has 3 aromatic rings. The van der Waals surface area contributed by atoms with Crippen LogP contribution in [0.5, 0.6) is 5.75 Å². The third-order valence-corrected chi connectivity index (χ3v) is 7.33. The first kappa shape index (κ1) is 18.7. The largest absolute Gasteiger partial charge is 0.496 e. The molecular formula is C16H18N4O3S3. The fourth-order valence-electron chi connectivity index (χ4n) is 2.21. The molecule has 0 atom stereocenters. The van der Waals surface area contributed by atoms with Crippen LogP contribution in [-0.4, -0.2) is 37.3 Å². The molecule has 3 rings (SSSR count). The highest BCUT2D eigenvalue weighted by molar-refractivity contribution is 7.92. The van der Waals surface area contributed by atoms with Crippen molar-refractivity contribution in [3.63, 3.8) is 0 Å². The van der Waals surface area contributed by atoms with Crippen molar-refractivity contribution in [1.29, 1.82) is 0 Å². The Kier molecular flexibility index (Phi) is 5.84. The maximum atomic E-state index is 12.6. The van der Waals surface area contributed by atoms with E-state index in [1.165, 1.54) is 11.3 Å². The van der Waals surface area contributed by atoms with Gasteiger partial charge in [0, 0.05) is 11.9 Å². The minimum atomic E-state index is -3.58. The maximum absolute atomic E-state index is 12.6. The Morgan fingerprint density at radius 2 is 2.04 bits per heavy atom. The molecule has 1 aromatic carbocycles. The maximum Gasteiger partial charge on any atom is 0.234 e. The van der Waals surface area contributed by atoms with Crippen molar-refractivity contribution in [3.05, 3.63) is 35.3 Å². The van der Waals surface area contributed by atoms with E-state index in [2.05, 4.69) is 20.5 Å². The molecule has 0 aliphatic rings. The second-order valence-corrected chi connectivity index (χ2v) is 9.40. The molecule has 7 nitrogen and oxygen atoms in total. The fourth-order valence-corrected chi connectivity index (χ4v) is 5.42. The van der Waals surface area contributed by atoms with E-state index in [9.17, 15) is 8.42 Å². The van der Waals surface area contributed by atoms with E-state index in [-0.39, 0.29) is 10.1 Å². The van der Waals surface area contributed by atoms with E-state index in [1.807, 2.05) is 31.2 Å². The number of hydrogen-bond donors (Lipinski definition) is 1. The van der Waals surface area contributed by atoms with Crippen LogP contribution < -0.4 is 10.1 Å². The van der Waals surface area contributed by atoms with Crippen LogP contribution in [0.4, 0.5) is 5.13 Å². The van der Waals surface area contributed by atoms with Gasteiger partial charge in [0.2, 0.25) is 19.3 Å². The predicted octanol–water partition coefficient (Wildman–Crippen LogP) is 3.47. The molecule has 26 heavy (non-hydrogen) atoms. The molecule has 2 heterocycles. The van der Waals surface area contributed by atoms with Crippen LogP contribution in [0.3, 0.4) is 0 Å². The predicted molar refractivity (Wildman–Crippen MR) is 104 cm³/mol. The number of anilines is 1. The standard InChI is InChI=1S/C16H18N4O3S3/c1-3-8-17-15-19-20-16(25-15)26(21,22)10-11-9-24-14(18-11)12-6-4-5-7-13(12)23-2/h4-7,9H,3,8,10H2,1-2H3,(H,17,19). The molecule has 2 aromatic heterocycles. The number of nitrogens with zero attached hydrogens (tertiary/aromatic N) is 3. The summed E-state index contributed by atoms with van der Waals surface area (Å²) in [5.74, 6) is 0.494. The zero-order chi connectivity index (χ0) is 18.6. The first-order chi connectivity index (χ1) is 12.5. The minimum Gasteiger partial charge on any atom is -0.496 e. The molecule has 0 unspecified atom stereocenters. The van der Waals surface area contributed by atoms with Crippen LogP contribution in [-0.2, 0) is 15.6 Å². The summed E-state index contributed by atoms with van der Waals surface area (Å²) in [7, 11) is -1.99. The van der Waals surface area contributed by atoms with Gasteiger partial charge >= 0.3 is 0 Å². The van der Waals surface area contributed by atoms with Crippen LogP contribution in [0.1, 0.15) is 19.0 Å². The lowest BCUT2D eigenvalue weighted by Crippen LogP contribution is -2.05. The van der Waals surface area contributed by atoms with Crippen molar-refractivity contribution >= 4 is 37.6 Å². The van der Waals surface area contributed by atoms with Gasteiger partial charge in [0.15, 0.2) is 0 Å². The summed E-state index contributed by atoms with van der Waals surface area (Å²) >= 11 is 2.43. The Morgan fingerprint density at radius 3 is 2.81 bits per heavy atom. The first-order valence-electron chi connectivity index (χ1n) is 7.91. The van der Waals surface area contributed by atoms with Crippen molar-refractivity contribution in [2.75, 3.05) is 19.0 Å². The van der Waals surface area contributed by atoms with E-state index >= 15 is 0 Å². The summed E-state index contributed by atoms with van der Waals surface area (Å²) in [4.78, 5) is 4.46. The van der Waals surface area contributed by atoms with E-state index in [0.717, 1.165) is 34.9 Å². The number of methoxy groups -OCH3 is 1. The Labute approximate surface area is 160 Å². The van der Waals surface area contributed by atoms with Gasteiger partial charge in [-0.15, -0.1) is 21.5 Å². The summed E-state index contributed by atoms with van der Waals surface area (Å²) < 4.78 is 30.5. The number of rotatable bonds is 8. The zero-order valence-electron chi connectivity index (χ0n) is 14.3. The van der Waals surface area contributed by atoms with Gasteiger partial charge < -0.3 is 10.1 Å². The molecular weight excluding hydrogens is 392 g/mol. The number of ether oxygens (including phenoxy) is 1. The molecule has 1 N–H and O–H groups in total. The van der Waals surface area contributed by atoms with E-state index in [4.69, 9.17) is 4.74 Å². The average molecular weight is 411 g/mol. The highest BCUT2D eigenvalue weighted by Crippen LogP contribution is 2.33. The van der Waals surface area contributed by atoms with Gasteiger partial charge in [-0.25, -0.2) is 13.4 Å². The van der Waals surface area contributed by atoms with Gasteiger partial charge in [0.05, 0.1) is 18.4 Å². The topological polar surface area (TPSA) is 94.1 Å². The van der Waals surface area contributed by atoms with Gasteiger partial charge in [-0.05, 0) is 18.6 Å². The molecule has 0 saturated carbocycles. The Balaban J connectivity index is 1.79. The highest BCUT2D eigenvalue weighted by Gasteiger charge is 2.23. The molecule has 0 spiro atoms.